The summed E-state index contributed by atoms with van der Waals surface area (Å²) in [6, 6.07) is 22.0. The molecule has 0 aliphatic carbocycles. The molecule has 0 amide bonds. The van der Waals surface area contributed by atoms with E-state index in [9.17, 15) is 4.79 Å². The van der Waals surface area contributed by atoms with Gasteiger partial charge in [0.05, 0.1) is 25.7 Å². The predicted octanol–water partition coefficient (Wildman–Crippen LogP) is 5.63. The zero-order chi connectivity index (χ0) is 23.2. The van der Waals surface area contributed by atoms with Crippen LogP contribution in [-0.4, -0.2) is 21.6 Å². The zero-order valence-electron chi connectivity index (χ0n) is 18.7. The predicted molar refractivity (Wildman–Crippen MR) is 140 cm³/mol. The monoisotopic (exact) mass is 477 g/mol. The number of ether oxygens (including phenoxy) is 1. The van der Waals surface area contributed by atoms with Crippen molar-refractivity contribution in [2.45, 2.75) is 33.0 Å². The van der Waals surface area contributed by atoms with Crippen LogP contribution in [0.2, 0.25) is 0 Å². The maximum Gasteiger partial charge on any atom is 0.253 e. The lowest BCUT2D eigenvalue weighted by atomic mass is 10.1. The molecular formula is C26H27N3O2S2. The number of thiocarbonyl (C=S) groups is 1. The number of rotatable bonds is 8. The first-order chi connectivity index (χ1) is 16.0. The Bertz CT molecular complexity index is 1270. The number of hydrogen-bond acceptors (Lipinski definition) is 4. The molecule has 0 unspecified atom stereocenters. The van der Waals surface area contributed by atoms with E-state index in [1.807, 2.05) is 60.4 Å². The van der Waals surface area contributed by atoms with Crippen molar-refractivity contribution < 1.29 is 4.74 Å². The molecule has 0 fully saturated rings. The number of fused-ring (bicyclic) bond motifs is 1. The summed E-state index contributed by atoms with van der Waals surface area (Å²) < 4.78 is 5.63. The van der Waals surface area contributed by atoms with Crippen molar-refractivity contribution in [1.82, 2.24) is 15.2 Å². The quantitative estimate of drug-likeness (QED) is 0.322. The van der Waals surface area contributed by atoms with Crippen molar-refractivity contribution in [3.05, 3.63) is 98.5 Å². The first-order valence-corrected chi connectivity index (χ1v) is 12.2. The normalized spacial score (nSPS) is 11.8. The molecule has 33 heavy (non-hydrogen) atoms. The average molecular weight is 478 g/mol. The van der Waals surface area contributed by atoms with Gasteiger partial charge in [-0.15, -0.1) is 11.3 Å². The lowest BCUT2D eigenvalue weighted by Gasteiger charge is -2.28. The van der Waals surface area contributed by atoms with E-state index in [1.54, 1.807) is 11.3 Å². The number of H-pyrrole nitrogens is 1. The molecule has 0 spiro atoms. The number of aromatic nitrogens is 1. The Morgan fingerprint density at radius 3 is 2.67 bits per heavy atom. The van der Waals surface area contributed by atoms with Gasteiger partial charge in [0.15, 0.2) is 5.11 Å². The second kappa shape index (κ2) is 10.6. The minimum absolute atomic E-state index is 0.0492. The van der Waals surface area contributed by atoms with Gasteiger partial charge in [-0.3, -0.25) is 4.79 Å². The van der Waals surface area contributed by atoms with Crippen LogP contribution in [0.5, 0.6) is 5.75 Å². The van der Waals surface area contributed by atoms with E-state index in [4.69, 9.17) is 17.0 Å². The fourth-order valence-corrected chi connectivity index (χ4v) is 4.73. The molecule has 0 saturated carbocycles. The van der Waals surface area contributed by atoms with E-state index in [0.29, 0.717) is 30.4 Å². The number of hydrogen-bond donors (Lipinski definition) is 2. The Morgan fingerprint density at radius 1 is 1.12 bits per heavy atom. The van der Waals surface area contributed by atoms with Crippen molar-refractivity contribution in [1.29, 1.82) is 0 Å². The van der Waals surface area contributed by atoms with E-state index >= 15 is 0 Å². The molecule has 2 N–H and O–H groups in total. The number of pyridine rings is 1. The van der Waals surface area contributed by atoms with Gasteiger partial charge < -0.3 is 19.9 Å². The standard InChI is InChI=1S/C26H27N3O2S2/c1-3-31-22-11-12-24-20(15-22)14-21(25(30)28-24)16-29(17-23-10-7-13-33-23)26(32)27-18(2)19-8-5-4-6-9-19/h4-15,18H,3,16-17H2,1-2H3,(H,27,32)(H,28,30)/t18-/m1/s1. The molecule has 0 saturated heterocycles. The molecule has 4 rings (SSSR count). The van der Waals surface area contributed by atoms with Crippen LogP contribution in [0.3, 0.4) is 0 Å². The highest BCUT2D eigenvalue weighted by molar-refractivity contribution is 7.80. The van der Waals surface area contributed by atoms with Crippen LogP contribution >= 0.6 is 23.6 Å². The molecule has 0 bridgehead atoms. The number of thiophene rings is 1. The summed E-state index contributed by atoms with van der Waals surface area (Å²) in [6.07, 6.45) is 0. The van der Waals surface area contributed by atoms with Crippen molar-refractivity contribution in [3.63, 3.8) is 0 Å². The number of aromatic amines is 1. The van der Waals surface area contributed by atoms with Crippen molar-refractivity contribution in [2.75, 3.05) is 6.61 Å². The highest BCUT2D eigenvalue weighted by Gasteiger charge is 2.17. The molecule has 0 aliphatic heterocycles. The third kappa shape index (κ3) is 5.80. The molecule has 2 heterocycles. The van der Waals surface area contributed by atoms with Gasteiger partial charge in [-0.05, 0) is 67.3 Å². The Labute approximate surface area is 203 Å². The Balaban J connectivity index is 1.60. The van der Waals surface area contributed by atoms with Gasteiger partial charge in [-0.1, -0.05) is 36.4 Å². The summed E-state index contributed by atoms with van der Waals surface area (Å²) in [4.78, 5) is 19.1. The van der Waals surface area contributed by atoms with E-state index in [1.165, 1.54) is 4.88 Å². The fraction of sp³-hybridized carbons (Fsp3) is 0.231. The molecule has 7 heteroatoms. The van der Waals surface area contributed by atoms with E-state index in [-0.39, 0.29) is 11.6 Å². The summed E-state index contributed by atoms with van der Waals surface area (Å²) in [5, 5.41) is 7.04. The molecule has 2 aromatic carbocycles. The highest BCUT2D eigenvalue weighted by Crippen LogP contribution is 2.21. The summed E-state index contributed by atoms with van der Waals surface area (Å²) in [5.41, 5.74) is 2.49. The third-order valence-corrected chi connectivity index (χ3v) is 6.66. The maximum absolute atomic E-state index is 12.9. The van der Waals surface area contributed by atoms with Gasteiger partial charge in [0.25, 0.3) is 5.56 Å². The number of nitrogens with zero attached hydrogens (tertiary/aromatic N) is 1. The van der Waals surface area contributed by atoms with Crippen LogP contribution in [0.15, 0.2) is 76.9 Å². The number of benzene rings is 2. The maximum atomic E-state index is 12.9. The summed E-state index contributed by atoms with van der Waals surface area (Å²) in [6.45, 7) is 5.66. The lowest BCUT2D eigenvalue weighted by molar-refractivity contribution is 0.340. The number of nitrogens with one attached hydrogen (secondary N) is 2. The zero-order valence-corrected chi connectivity index (χ0v) is 20.3. The first-order valence-electron chi connectivity index (χ1n) is 10.9. The largest absolute Gasteiger partial charge is 0.494 e. The third-order valence-electron chi connectivity index (χ3n) is 5.42. The minimum Gasteiger partial charge on any atom is -0.494 e. The molecular weight excluding hydrogens is 450 g/mol. The van der Waals surface area contributed by atoms with Gasteiger partial charge in [0.1, 0.15) is 5.75 Å². The van der Waals surface area contributed by atoms with Gasteiger partial charge in [-0.25, -0.2) is 0 Å². The van der Waals surface area contributed by atoms with Gasteiger partial charge >= 0.3 is 0 Å². The molecule has 1 atom stereocenters. The molecule has 4 aromatic rings. The Hall–Kier alpha value is -3.16. The molecule has 2 aromatic heterocycles. The van der Waals surface area contributed by atoms with Crippen LogP contribution in [0.25, 0.3) is 10.9 Å². The van der Waals surface area contributed by atoms with E-state index < -0.39 is 0 Å². The fourth-order valence-electron chi connectivity index (χ4n) is 3.70. The highest BCUT2D eigenvalue weighted by atomic mass is 32.1. The van der Waals surface area contributed by atoms with Crippen LogP contribution in [0.1, 0.15) is 35.9 Å². The Morgan fingerprint density at radius 2 is 1.94 bits per heavy atom. The summed E-state index contributed by atoms with van der Waals surface area (Å²) in [7, 11) is 0. The van der Waals surface area contributed by atoms with Crippen molar-refractivity contribution in [2.24, 2.45) is 0 Å². The SMILES string of the molecule is CCOc1ccc2[nH]c(=O)c(CN(Cc3cccs3)C(=S)N[C@H](C)c3ccccc3)cc2c1. The van der Waals surface area contributed by atoms with Gasteiger partial charge in [0, 0.05) is 21.3 Å². The summed E-state index contributed by atoms with van der Waals surface area (Å²) in [5.74, 6) is 0.785. The molecule has 170 valence electrons. The van der Waals surface area contributed by atoms with E-state index in [0.717, 1.165) is 22.2 Å². The van der Waals surface area contributed by atoms with Gasteiger partial charge in [0.2, 0.25) is 0 Å². The second-order valence-electron chi connectivity index (χ2n) is 7.82. The second-order valence-corrected chi connectivity index (χ2v) is 9.24. The lowest BCUT2D eigenvalue weighted by Crippen LogP contribution is -2.40. The smallest absolute Gasteiger partial charge is 0.253 e. The van der Waals surface area contributed by atoms with Crippen LogP contribution in [0.4, 0.5) is 0 Å². The molecule has 0 radical (unpaired) electrons. The van der Waals surface area contributed by atoms with Crippen molar-refractivity contribution in [3.8, 4) is 5.75 Å². The van der Waals surface area contributed by atoms with Gasteiger partial charge in [-0.2, -0.15) is 0 Å². The van der Waals surface area contributed by atoms with Crippen LogP contribution < -0.4 is 15.6 Å². The van der Waals surface area contributed by atoms with Crippen LogP contribution in [0, 0.1) is 0 Å². The minimum atomic E-state index is -0.109. The Kier molecular flexibility index (Phi) is 7.42. The van der Waals surface area contributed by atoms with Crippen LogP contribution in [-0.2, 0) is 13.1 Å². The molecule has 0 aliphatic rings. The topological polar surface area (TPSA) is 57.4 Å². The summed E-state index contributed by atoms with van der Waals surface area (Å²) >= 11 is 7.48. The first kappa shape index (κ1) is 23.0. The molecule has 5 nitrogen and oxygen atoms in total. The average Bonchev–Trinajstić information content (AvgIpc) is 3.33. The van der Waals surface area contributed by atoms with E-state index in [2.05, 4.69) is 40.8 Å². The van der Waals surface area contributed by atoms with Crippen molar-refractivity contribution >= 4 is 39.6 Å².